The zero-order valence-corrected chi connectivity index (χ0v) is 11.6. The maximum atomic E-state index is 5.53. The minimum absolute atomic E-state index is 0.472. The number of rotatable bonds is 4. The average Bonchev–Trinajstić information content (AvgIpc) is 3.04. The van der Waals surface area contributed by atoms with Gasteiger partial charge in [-0.2, -0.15) is 0 Å². The average molecular weight is 261 g/mol. The van der Waals surface area contributed by atoms with Crippen LogP contribution >= 0.6 is 11.3 Å². The fourth-order valence-electron chi connectivity index (χ4n) is 2.75. The summed E-state index contributed by atoms with van der Waals surface area (Å²) in [7, 11) is 0. The summed E-state index contributed by atoms with van der Waals surface area (Å²) in [5, 5.41) is 5.89. The molecule has 0 amide bonds. The monoisotopic (exact) mass is 261 g/mol. The maximum absolute atomic E-state index is 5.53. The molecule has 2 nitrogen and oxygen atoms in total. The number of furan rings is 1. The number of fused-ring (bicyclic) bond motifs is 1. The fraction of sp³-hybridized carbons (Fsp3) is 0.467. The molecule has 1 aliphatic rings. The van der Waals surface area contributed by atoms with Gasteiger partial charge in [0.25, 0.3) is 0 Å². The Morgan fingerprint density at radius 2 is 2.39 bits per heavy atom. The van der Waals surface area contributed by atoms with E-state index in [0.717, 1.165) is 19.4 Å². The van der Waals surface area contributed by atoms with Gasteiger partial charge in [-0.3, -0.25) is 0 Å². The smallest absolute Gasteiger partial charge is 0.108 e. The van der Waals surface area contributed by atoms with Gasteiger partial charge in [-0.05, 0) is 42.3 Å². The van der Waals surface area contributed by atoms with Crippen molar-refractivity contribution in [3.8, 4) is 0 Å². The molecule has 0 aromatic carbocycles. The molecule has 0 fully saturated rings. The summed E-state index contributed by atoms with van der Waals surface area (Å²) in [5.41, 5.74) is 2.85. The lowest BCUT2D eigenvalue weighted by molar-refractivity contribution is 0.411. The Balaban J connectivity index is 1.68. The van der Waals surface area contributed by atoms with E-state index in [9.17, 15) is 0 Å². The van der Waals surface area contributed by atoms with Gasteiger partial charge in [0, 0.05) is 29.4 Å². The summed E-state index contributed by atoms with van der Waals surface area (Å²) >= 11 is 1.86. The van der Waals surface area contributed by atoms with Crippen LogP contribution in [0, 0.1) is 0 Å². The van der Waals surface area contributed by atoms with E-state index < -0.39 is 0 Å². The number of hydrogen-bond acceptors (Lipinski definition) is 3. The first kappa shape index (κ1) is 12.0. The molecule has 2 heterocycles. The summed E-state index contributed by atoms with van der Waals surface area (Å²) in [6.07, 6.45) is 6.50. The largest absolute Gasteiger partial charge is 0.469 e. The van der Waals surface area contributed by atoms with Crippen molar-refractivity contribution >= 4 is 11.3 Å². The van der Waals surface area contributed by atoms with Crippen LogP contribution in [0.15, 0.2) is 28.2 Å². The van der Waals surface area contributed by atoms with Gasteiger partial charge in [0.2, 0.25) is 0 Å². The second kappa shape index (κ2) is 5.29. The standard InChI is InChI=1S/C15H19NOS/c1-2-11-7-9-18-15(11)10-16-13-4-3-5-14-12(13)6-8-17-14/h6-9,13,16H,2-5,10H2,1H3. The van der Waals surface area contributed by atoms with Crippen molar-refractivity contribution in [1.82, 2.24) is 5.32 Å². The van der Waals surface area contributed by atoms with E-state index in [1.807, 2.05) is 17.6 Å². The Morgan fingerprint density at radius 3 is 3.28 bits per heavy atom. The third-order valence-electron chi connectivity index (χ3n) is 3.78. The van der Waals surface area contributed by atoms with Crippen LogP contribution in [-0.4, -0.2) is 0 Å². The molecule has 1 unspecified atom stereocenters. The molecular weight excluding hydrogens is 242 g/mol. The lowest BCUT2D eigenvalue weighted by Crippen LogP contribution is -2.24. The second-order valence-corrected chi connectivity index (χ2v) is 5.85. The summed E-state index contributed by atoms with van der Waals surface area (Å²) in [5.74, 6) is 1.18. The van der Waals surface area contributed by atoms with Gasteiger partial charge < -0.3 is 9.73 Å². The summed E-state index contributed by atoms with van der Waals surface area (Å²) in [4.78, 5) is 1.48. The van der Waals surface area contributed by atoms with Crippen LogP contribution in [-0.2, 0) is 19.4 Å². The highest BCUT2D eigenvalue weighted by Gasteiger charge is 2.22. The predicted molar refractivity (Wildman–Crippen MR) is 74.9 cm³/mol. The molecular formula is C15H19NOS. The van der Waals surface area contributed by atoms with Crippen LogP contribution in [0.2, 0.25) is 0 Å². The normalized spacial score (nSPS) is 18.8. The zero-order chi connectivity index (χ0) is 12.4. The highest BCUT2D eigenvalue weighted by atomic mass is 32.1. The van der Waals surface area contributed by atoms with Gasteiger partial charge in [0.05, 0.1) is 6.26 Å². The van der Waals surface area contributed by atoms with Crippen molar-refractivity contribution in [2.75, 3.05) is 0 Å². The highest BCUT2D eigenvalue weighted by molar-refractivity contribution is 7.10. The fourth-order valence-corrected chi connectivity index (χ4v) is 3.68. The second-order valence-electron chi connectivity index (χ2n) is 4.85. The Bertz CT molecular complexity index is 514. The third kappa shape index (κ3) is 2.25. The first-order valence-electron chi connectivity index (χ1n) is 6.73. The van der Waals surface area contributed by atoms with Crippen molar-refractivity contribution in [2.45, 2.75) is 45.2 Å². The molecule has 3 rings (SSSR count). The Kier molecular flexibility index (Phi) is 3.52. The molecule has 18 heavy (non-hydrogen) atoms. The van der Waals surface area contributed by atoms with E-state index in [0.29, 0.717) is 6.04 Å². The maximum Gasteiger partial charge on any atom is 0.108 e. The molecule has 2 aromatic rings. The van der Waals surface area contributed by atoms with Crippen molar-refractivity contribution in [3.63, 3.8) is 0 Å². The predicted octanol–water partition coefficient (Wildman–Crippen LogP) is 4.07. The van der Waals surface area contributed by atoms with E-state index >= 15 is 0 Å². The van der Waals surface area contributed by atoms with E-state index in [4.69, 9.17) is 4.42 Å². The van der Waals surface area contributed by atoms with Gasteiger partial charge >= 0.3 is 0 Å². The summed E-state index contributed by atoms with van der Waals surface area (Å²) in [6, 6.07) is 4.84. The Labute approximate surface area is 112 Å². The summed E-state index contributed by atoms with van der Waals surface area (Å²) < 4.78 is 5.53. The molecule has 0 bridgehead atoms. The zero-order valence-electron chi connectivity index (χ0n) is 10.7. The molecule has 1 atom stereocenters. The lowest BCUT2D eigenvalue weighted by Gasteiger charge is -2.22. The van der Waals surface area contributed by atoms with Crippen LogP contribution in [0.1, 0.15) is 47.6 Å². The molecule has 96 valence electrons. The number of aryl methyl sites for hydroxylation is 2. The van der Waals surface area contributed by atoms with Gasteiger partial charge in [-0.1, -0.05) is 6.92 Å². The minimum Gasteiger partial charge on any atom is -0.469 e. The van der Waals surface area contributed by atoms with Gasteiger partial charge in [0.15, 0.2) is 0 Å². The first-order valence-corrected chi connectivity index (χ1v) is 7.61. The third-order valence-corrected chi connectivity index (χ3v) is 4.74. The van der Waals surface area contributed by atoms with Crippen LogP contribution in [0.25, 0.3) is 0 Å². The first-order chi connectivity index (χ1) is 8.88. The molecule has 0 radical (unpaired) electrons. The molecule has 2 aromatic heterocycles. The molecule has 0 saturated carbocycles. The Morgan fingerprint density at radius 1 is 1.44 bits per heavy atom. The van der Waals surface area contributed by atoms with Crippen LogP contribution in [0.4, 0.5) is 0 Å². The number of nitrogens with one attached hydrogen (secondary N) is 1. The SMILES string of the molecule is CCc1ccsc1CNC1CCCc2occc21. The molecule has 1 N–H and O–H groups in total. The molecule has 3 heteroatoms. The van der Waals surface area contributed by atoms with Crippen molar-refractivity contribution < 1.29 is 4.42 Å². The van der Waals surface area contributed by atoms with E-state index in [2.05, 4.69) is 29.8 Å². The van der Waals surface area contributed by atoms with Crippen LogP contribution in [0.3, 0.4) is 0 Å². The number of thiophene rings is 1. The van der Waals surface area contributed by atoms with Gasteiger partial charge in [-0.25, -0.2) is 0 Å². The van der Waals surface area contributed by atoms with Crippen LogP contribution in [0.5, 0.6) is 0 Å². The molecule has 1 aliphatic carbocycles. The van der Waals surface area contributed by atoms with E-state index in [-0.39, 0.29) is 0 Å². The van der Waals surface area contributed by atoms with Gasteiger partial charge in [0.1, 0.15) is 5.76 Å². The van der Waals surface area contributed by atoms with E-state index in [1.165, 1.54) is 34.6 Å². The number of hydrogen-bond donors (Lipinski definition) is 1. The topological polar surface area (TPSA) is 25.2 Å². The van der Waals surface area contributed by atoms with E-state index in [1.54, 1.807) is 0 Å². The van der Waals surface area contributed by atoms with Crippen molar-refractivity contribution in [1.29, 1.82) is 0 Å². The van der Waals surface area contributed by atoms with Gasteiger partial charge in [-0.15, -0.1) is 11.3 Å². The molecule has 0 saturated heterocycles. The molecule has 0 spiro atoms. The lowest BCUT2D eigenvalue weighted by atomic mass is 9.93. The summed E-state index contributed by atoms with van der Waals surface area (Å²) in [6.45, 7) is 3.20. The minimum atomic E-state index is 0.472. The van der Waals surface area contributed by atoms with Crippen molar-refractivity contribution in [3.05, 3.63) is 45.5 Å². The Hall–Kier alpha value is -1.06. The van der Waals surface area contributed by atoms with Crippen molar-refractivity contribution in [2.24, 2.45) is 0 Å². The van der Waals surface area contributed by atoms with Crippen LogP contribution < -0.4 is 5.32 Å². The quantitative estimate of drug-likeness (QED) is 0.897. The highest BCUT2D eigenvalue weighted by Crippen LogP contribution is 2.31. The molecule has 0 aliphatic heterocycles.